The predicted octanol–water partition coefficient (Wildman–Crippen LogP) is 1.94. The van der Waals surface area contributed by atoms with Gasteiger partial charge in [-0.1, -0.05) is 0 Å². The third-order valence-electron chi connectivity index (χ3n) is 5.98. The van der Waals surface area contributed by atoms with Crippen LogP contribution in [-0.2, 0) is 27.8 Å². The first-order chi connectivity index (χ1) is 12.3. The SMILES string of the molecule is Cn1cnc2c1[C@@H](COCC1CCOCC1)CN(C1CCOCC1)C2. The van der Waals surface area contributed by atoms with Gasteiger partial charge < -0.3 is 18.8 Å². The molecule has 6 nitrogen and oxygen atoms in total. The molecule has 0 N–H and O–H groups in total. The monoisotopic (exact) mass is 349 g/mol. The molecule has 2 fully saturated rings. The van der Waals surface area contributed by atoms with Crippen molar-refractivity contribution >= 4 is 0 Å². The Labute approximate surface area is 150 Å². The molecule has 140 valence electrons. The van der Waals surface area contributed by atoms with Gasteiger partial charge in [-0.2, -0.15) is 0 Å². The second-order valence-electron chi connectivity index (χ2n) is 7.75. The zero-order valence-corrected chi connectivity index (χ0v) is 15.4. The van der Waals surface area contributed by atoms with Gasteiger partial charge in [0, 0.05) is 70.8 Å². The number of aryl methyl sites for hydroxylation is 1. The second-order valence-corrected chi connectivity index (χ2v) is 7.75. The Hall–Kier alpha value is -0.950. The van der Waals surface area contributed by atoms with Crippen LogP contribution in [0.1, 0.15) is 43.0 Å². The summed E-state index contributed by atoms with van der Waals surface area (Å²) in [5, 5.41) is 0. The molecule has 1 atom stereocenters. The summed E-state index contributed by atoms with van der Waals surface area (Å²) in [6.45, 7) is 7.26. The highest BCUT2D eigenvalue weighted by atomic mass is 16.5. The first-order valence-electron chi connectivity index (χ1n) is 9.78. The smallest absolute Gasteiger partial charge is 0.0949 e. The van der Waals surface area contributed by atoms with Crippen molar-refractivity contribution in [3.05, 3.63) is 17.7 Å². The zero-order chi connectivity index (χ0) is 17.1. The second kappa shape index (κ2) is 8.16. The van der Waals surface area contributed by atoms with E-state index in [1.807, 2.05) is 6.33 Å². The minimum absolute atomic E-state index is 0.416. The normalized spacial score (nSPS) is 26.7. The molecular weight excluding hydrogens is 318 g/mol. The fourth-order valence-corrected chi connectivity index (χ4v) is 4.51. The van der Waals surface area contributed by atoms with E-state index < -0.39 is 0 Å². The van der Waals surface area contributed by atoms with Gasteiger partial charge in [-0.15, -0.1) is 0 Å². The van der Waals surface area contributed by atoms with Gasteiger partial charge in [-0.05, 0) is 31.6 Å². The molecule has 0 aliphatic carbocycles. The molecular formula is C19H31N3O3. The molecule has 0 bridgehead atoms. The third kappa shape index (κ3) is 4.08. The summed E-state index contributed by atoms with van der Waals surface area (Å²) in [6.07, 6.45) is 6.50. The van der Waals surface area contributed by atoms with Crippen molar-refractivity contribution in [1.29, 1.82) is 0 Å². The summed E-state index contributed by atoms with van der Waals surface area (Å²) in [5.41, 5.74) is 2.61. The molecule has 3 aliphatic heterocycles. The van der Waals surface area contributed by atoms with E-state index >= 15 is 0 Å². The van der Waals surface area contributed by atoms with Gasteiger partial charge in [-0.25, -0.2) is 4.98 Å². The lowest BCUT2D eigenvalue weighted by Crippen LogP contribution is -2.45. The number of hydrogen-bond donors (Lipinski definition) is 0. The van der Waals surface area contributed by atoms with Crippen LogP contribution in [0.15, 0.2) is 6.33 Å². The summed E-state index contributed by atoms with van der Waals surface area (Å²) >= 11 is 0. The molecule has 4 heterocycles. The van der Waals surface area contributed by atoms with Crippen LogP contribution in [0.4, 0.5) is 0 Å². The van der Waals surface area contributed by atoms with E-state index in [1.165, 1.54) is 11.4 Å². The number of ether oxygens (including phenoxy) is 3. The standard InChI is InChI=1S/C19H31N3O3/c1-21-14-20-18-11-22(17-4-8-24-9-5-17)10-16(19(18)21)13-25-12-15-2-6-23-7-3-15/h14-17H,2-13H2,1H3/t16-/m1/s1. The molecule has 1 aromatic rings. The van der Waals surface area contributed by atoms with E-state index in [-0.39, 0.29) is 0 Å². The fraction of sp³-hybridized carbons (Fsp3) is 0.842. The van der Waals surface area contributed by atoms with Crippen LogP contribution in [0.25, 0.3) is 0 Å². The van der Waals surface area contributed by atoms with Gasteiger partial charge >= 0.3 is 0 Å². The molecule has 4 rings (SSSR count). The Morgan fingerprint density at radius 3 is 2.56 bits per heavy atom. The van der Waals surface area contributed by atoms with Crippen molar-refractivity contribution in [2.75, 3.05) is 46.2 Å². The molecule has 0 saturated carbocycles. The summed E-state index contributed by atoms with van der Waals surface area (Å²) in [7, 11) is 2.11. The highest BCUT2D eigenvalue weighted by molar-refractivity contribution is 5.22. The molecule has 3 aliphatic rings. The Morgan fingerprint density at radius 1 is 1.08 bits per heavy atom. The van der Waals surface area contributed by atoms with E-state index in [0.29, 0.717) is 17.9 Å². The lowest BCUT2D eigenvalue weighted by molar-refractivity contribution is 0.000686. The van der Waals surface area contributed by atoms with Crippen LogP contribution < -0.4 is 0 Å². The molecule has 6 heteroatoms. The minimum Gasteiger partial charge on any atom is -0.381 e. The quantitative estimate of drug-likeness (QED) is 0.813. The first kappa shape index (κ1) is 17.5. The lowest BCUT2D eigenvalue weighted by atomic mass is 9.95. The van der Waals surface area contributed by atoms with E-state index in [2.05, 4.69) is 21.5 Å². The number of rotatable bonds is 5. The van der Waals surface area contributed by atoms with Crippen molar-refractivity contribution in [3.8, 4) is 0 Å². The molecule has 0 radical (unpaired) electrons. The van der Waals surface area contributed by atoms with Gasteiger partial charge in [0.25, 0.3) is 0 Å². The Morgan fingerprint density at radius 2 is 1.80 bits per heavy atom. The van der Waals surface area contributed by atoms with Gasteiger partial charge in [0.05, 0.1) is 18.6 Å². The average molecular weight is 349 g/mol. The largest absolute Gasteiger partial charge is 0.381 e. The van der Waals surface area contributed by atoms with E-state index in [1.54, 1.807) is 0 Å². The summed E-state index contributed by atoms with van der Waals surface area (Å²) < 4.78 is 19.4. The maximum Gasteiger partial charge on any atom is 0.0949 e. The van der Waals surface area contributed by atoms with Crippen molar-refractivity contribution in [2.24, 2.45) is 13.0 Å². The first-order valence-corrected chi connectivity index (χ1v) is 9.78. The highest BCUT2D eigenvalue weighted by Crippen LogP contribution is 2.31. The average Bonchev–Trinajstić information content (AvgIpc) is 3.04. The predicted molar refractivity (Wildman–Crippen MR) is 94.6 cm³/mol. The van der Waals surface area contributed by atoms with Crippen LogP contribution in [0.5, 0.6) is 0 Å². The van der Waals surface area contributed by atoms with Gasteiger partial charge in [0.1, 0.15) is 0 Å². The summed E-state index contributed by atoms with van der Waals surface area (Å²) in [4.78, 5) is 7.28. The van der Waals surface area contributed by atoms with E-state index in [4.69, 9.17) is 14.2 Å². The minimum atomic E-state index is 0.416. The molecule has 0 spiro atoms. The number of nitrogens with zero attached hydrogens (tertiary/aromatic N) is 3. The molecule has 0 unspecified atom stereocenters. The maximum atomic E-state index is 6.18. The number of aromatic nitrogens is 2. The van der Waals surface area contributed by atoms with E-state index in [0.717, 1.165) is 78.4 Å². The lowest BCUT2D eigenvalue weighted by Gasteiger charge is -2.39. The number of fused-ring (bicyclic) bond motifs is 1. The topological polar surface area (TPSA) is 48.8 Å². The van der Waals surface area contributed by atoms with Crippen LogP contribution in [0, 0.1) is 5.92 Å². The van der Waals surface area contributed by atoms with Crippen molar-refractivity contribution < 1.29 is 14.2 Å². The molecule has 0 aromatic carbocycles. The summed E-state index contributed by atoms with van der Waals surface area (Å²) in [6, 6.07) is 0.627. The molecule has 0 amide bonds. The third-order valence-corrected chi connectivity index (χ3v) is 5.98. The number of imidazole rings is 1. The van der Waals surface area contributed by atoms with Crippen LogP contribution >= 0.6 is 0 Å². The molecule has 2 saturated heterocycles. The number of hydrogen-bond acceptors (Lipinski definition) is 5. The summed E-state index contributed by atoms with van der Waals surface area (Å²) in [5.74, 6) is 1.08. The highest BCUT2D eigenvalue weighted by Gasteiger charge is 2.33. The van der Waals surface area contributed by atoms with Gasteiger partial charge in [0.15, 0.2) is 0 Å². The molecule has 1 aromatic heterocycles. The van der Waals surface area contributed by atoms with Crippen molar-refractivity contribution in [1.82, 2.24) is 14.5 Å². The van der Waals surface area contributed by atoms with Gasteiger partial charge in [-0.3, -0.25) is 4.90 Å². The maximum absolute atomic E-state index is 6.18. The Balaban J connectivity index is 1.38. The van der Waals surface area contributed by atoms with E-state index in [9.17, 15) is 0 Å². The van der Waals surface area contributed by atoms with Crippen LogP contribution in [-0.4, -0.2) is 66.7 Å². The van der Waals surface area contributed by atoms with Crippen molar-refractivity contribution in [3.63, 3.8) is 0 Å². The van der Waals surface area contributed by atoms with Crippen molar-refractivity contribution in [2.45, 2.75) is 44.2 Å². The Bertz CT molecular complexity index is 550. The Kier molecular flexibility index (Phi) is 5.70. The van der Waals surface area contributed by atoms with Crippen LogP contribution in [0.2, 0.25) is 0 Å². The van der Waals surface area contributed by atoms with Crippen LogP contribution in [0.3, 0.4) is 0 Å². The molecule has 25 heavy (non-hydrogen) atoms. The zero-order valence-electron chi connectivity index (χ0n) is 15.4. The fourth-order valence-electron chi connectivity index (χ4n) is 4.51. The van der Waals surface area contributed by atoms with Gasteiger partial charge in [0.2, 0.25) is 0 Å².